The van der Waals surface area contributed by atoms with Crippen LogP contribution in [0, 0.1) is 0 Å². The number of phenolic OH excluding ortho intramolecular Hbond substituents is 1. The molecule has 6 heteroatoms. The van der Waals surface area contributed by atoms with Crippen molar-refractivity contribution >= 4 is 11.5 Å². The van der Waals surface area contributed by atoms with E-state index in [2.05, 4.69) is 12.3 Å². The zero-order valence-electron chi connectivity index (χ0n) is 18.8. The van der Waals surface area contributed by atoms with Crippen molar-refractivity contribution < 1.29 is 14.7 Å². The van der Waals surface area contributed by atoms with Gasteiger partial charge in [0.05, 0.1) is 18.5 Å². The minimum absolute atomic E-state index is 0.00120. The summed E-state index contributed by atoms with van der Waals surface area (Å²) in [6, 6.07) is 24.8. The number of nitrogens with zero attached hydrogens (tertiary/aromatic N) is 2. The van der Waals surface area contributed by atoms with Crippen LogP contribution >= 0.6 is 0 Å². The van der Waals surface area contributed by atoms with Crippen molar-refractivity contribution in [2.45, 2.75) is 32.6 Å². The third kappa shape index (κ3) is 6.07. The second kappa shape index (κ2) is 11.1. The fourth-order valence-corrected chi connectivity index (χ4v) is 3.43. The molecule has 3 aromatic rings. The average molecular weight is 444 g/mol. The number of hydroxylamine groups is 1. The summed E-state index contributed by atoms with van der Waals surface area (Å²) in [5.74, 6) is 1.57. The van der Waals surface area contributed by atoms with Gasteiger partial charge < -0.3 is 14.7 Å². The number of hydrazine groups is 1. The minimum Gasteiger partial charge on any atom is -0.504 e. The summed E-state index contributed by atoms with van der Waals surface area (Å²) < 4.78 is 5.75. The summed E-state index contributed by atoms with van der Waals surface area (Å²) in [4.78, 5) is 10.7. The third-order valence-corrected chi connectivity index (χ3v) is 5.20. The normalized spacial score (nSPS) is 13.1. The first-order chi connectivity index (χ1) is 16.2. The van der Waals surface area contributed by atoms with E-state index < -0.39 is 0 Å². The Bertz CT molecular complexity index is 1100. The molecule has 6 nitrogen and oxygen atoms in total. The topological polar surface area (TPSA) is 66.3 Å². The lowest BCUT2D eigenvalue weighted by Crippen LogP contribution is -2.43. The first-order valence-electron chi connectivity index (χ1n) is 11.3. The number of phenols is 1. The highest BCUT2D eigenvalue weighted by atomic mass is 16.7. The third-order valence-electron chi connectivity index (χ3n) is 5.20. The van der Waals surface area contributed by atoms with Crippen molar-refractivity contribution in [1.29, 1.82) is 0 Å². The van der Waals surface area contributed by atoms with Crippen molar-refractivity contribution in [3.63, 3.8) is 0 Å². The van der Waals surface area contributed by atoms with Gasteiger partial charge in [0, 0.05) is 17.2 Å². The van der Waals surface area contributed by atoms with E-state index in [1.807, 2.05) is 60.7 Å². The molecule has 0 aromatic heterocycles. The fourth-order valence-electron chi connectivity index (χ4n) is 3.43. The van der Waals surface area contributed by atoms with Gasteiger partial charge in [0.15, 0.2) is 17.3 Å². The molecule has 0 spiro atoms. The Morgan fingerprint density at radius 3 is 2.30 bits per heavy atom. The van der Waals surface area contributed by atoms with Gasteiger partial charge in [-0.3, -0.25) is 0 Å². The van der Waals surface area contributed by atoms with Crippen molar-refractivity contribution in [1.82, 2.24) is 10.6 Å². The average Bonchev–Trinajstić information content (AvgIpc) is 2.86. The van der Waals surface area contributed by atoms with Crippen LogP contribution in [0.2, 0.25) is 0 Å². The van der Waals surface area contributed by atoms with Crippen LogP contribution in [0.3, 0.4) is 0 Å². The fraction of sp³-hybridized carbons (Fsp3) is 0.222. The van der Waals surface area contributed by atoms with Crippen LogP contribution in [0.4, 0.5) is 0 Å². The van der Waals surface area contributed by atoms with Gasteiger partial charge in [-0.15, -0.1) is 5.17 Å². The number of rotatable bonds is 10. The number of amidine groups is 1. The number of benzene rings is 3. The highest BCUT2D eigenvalue weighted by Gasteiger charge is 2.18. The zero-order valence-corrected chi connectivity index (χ0v) is 18.8. The lowest BCUT2D eigenvalue weighted by molar-refractivity contribution is -0.0376. The van der Waals surface area contributed by atoms with E-state index in [0.717, 1.165) is 29.7 Å². The van der Waals surface area contributed by atoms with E-state index in [4.69, 9.17) is 14.6 Å². The second-order valence-electron chi connectivity index (χ2n) is 7.77. The molecule has 0 atom stereocenters. The van der Waals surface area contributed by atoms with Crippen LogP contribution in [0.5, 0.6) is 17.2 Å². The van der Waals surface area contributed by atoms with E-state index in [-0.39, 0.29) is 5.75 Å². The second-order valence-corrected chi connectivity index (χ2v) is 7.77. The molecule has 2 N–H and O–H groups in total. The largest absolute Gasteiger partial charge is 0.504 e. The maximum Gasteiger partial charge on any atom is 0.199 e. The number of hydrogen-bond acceptors (Lipinski definition) is 6. The summed E-state index contributed by atoms with van der Waals surface area (Å²) in [6.45, 7) is 2.81. The zero-order chi connectivity index (χ0) is 22.9. The van der Waals surface area contributed by atoms with E-state index in [1.165, 1.54) is 18.0 Å². The molecule has 3 aromatic carbocycles. The Morgan fingerprint density at radius 2 is 1.61 bits per heavy atom. The summed E-state index contributed by atoms with van der Waals surface area (Å²) in [5.41, 5.74) is 5.77. The first kappa shape index (κ1) is 22.3. The molecule has 0 bridgehead atoms. The number of unbranched alkanes of at least 4 members (excludes halogenated alkanes) is 3. The Balaban J connectivity index is 1.50. The van der Waals surface area contributed by atoms with Gasteiger partial charge in [0.25, 0.3) is 0 Å². The Kier molecular flexibility index (Phi) is 7.48. The number of aliphatic imine (C=N–C) groups is 1. The number of nitrogens with one attached hydrogen (secondary N) is 1. The maximum atomic E-state index is 10.5. The van der Waals surface area contributed by atoms with Crippen LogP contribution in [0.15, 0.2) is 90.1 Å². The molecule has 1 heterocycles. The van der Waals surface area contributed by atoms with Crippen molar-refractivity contribution in [3.8, 4) is 17.2 Å². The molecule has 0 saturated carbocycles. The lowest BCUT2D eigenvalue weighted by atomic mass is 10.1. The molecule has 1 aliphatic heterocycles. The van der Waals surface area contributed by atoms with Gasteiger partial charge in [-0.05, 0) is 18.6 Å². The number of ether oxygens (including phenoxy) is 1. The van der Waals surface area contributed by atoms with E-state index in [9.17, 15) is 5.11 Å². The van der Waals surface area contributed by atoms with Crippen molar-refractivity contribution in [2.24, 2.45) is 4.99 Å². The van der Waals surface area contributed by atoms with Crippen LogP contribution in [0.1, 0.15) is 43.7 Å². The highest BCUT2D eigenvalue weighted by Crippen LogP contribution is 2.31. The number of aromatic hydroxyl groups is 1. The van der Waals surface area contributed by atoms with Gasteiger partial charge in [0.1, 0.15) is 5.75 Å². The van der Waals surface area contributed by atoms with Crippen molar-refractivity contribution in [3.05, 3.63) is 96.2 Å². The monoisotopic (exact) mass is 443 g/mol. The Hall–Kier alpha value is -3.93. The Morgan fingerprint density at radius 1 is 0.879 bits per heavy atom. The summed E-state index contributed by atoms with van der Waals surface area (Å²) in [7, 11) is 0. The van der Waals surface area contributed by atoms with Crippen LogP contribution < -0.4 is 15.0 Å². The molecule has 0 amide bonds. The van der Waals surface area contributed by atoms with Crippen molar-refractivity contribution in [2.75, 3.05) is 6.61 Å². The highest BCUT2D eigenvalue weighted by molar-refractivity contribution is 6.02. The number of hydrogen-bond donors (Lipinski definition) is 2. The standard InChI is InChI=1S/C27H29N3O3/c1-2-3-4-11-18-32-23-16-17-26(25(31)19-23)33-30-20-24(21-12-7-5-8-13-21)28-27(29-30)22-14-9-6-10-15-22/h5-10,12-17,19-20,31H,2-4,11,18H2,1H3,(H,28,29). The van der Waals surface area contributed by atoms with Crippen LogP contribution in [-0.4, -0.2) is 22.7 Å². The minimum atomic E-state index is 0.00120. The summed E-state index contributed by atoms with van der Waals surface area (Å²) in [5, 5.41) is 12.0. The van der Waals surface area contributed by atoms with Crippen LogP contribution in [0.25, 0.3) is 5.70 Å². The predicted octanol–water partition coefficient (Wildman–Crippen LogP) is 5.91. The predicted molar refractivity (Wildman–Crippen MR) is 131 cm³/mol. The van der Waals surface area contributed by atoms with Gasteiger partial charge in [-0.25, -0.2) is 10.4 Å². The molecular weight excluding hydrogens is 414 g/mol. The van der Waals surface area contributed by atoms with E-state index in [0.29, 0.717) is 23.9 Å². The smallest absolute Gasteiger partial charge is 0.199 e. The molecule has 0 saturated heterocycles. The molecule has 0 radical (unpaired) electrons. The SMILES string of the molecule is CCCCCCOc1ccc(ON2C=C(c3ccccc3)N=C(c3ccccc3)N2)c(O)c1. The quantitative estimate of drug-likeness (QED) is 0.381. The summed E-state index contributed by atoms with van der Waals surface area (Å²) in [6.07, 6.45) is 6.29. The van der Waals surface area contributed by atoms with Gasteiger partial charge in [-0.2, -0.15) is 0 Å². The molecule has 33 heavy (non-hydrogen) atoms. The Labute approximate surface area is 194 Å². The van der Waals surface area contributed by atoms with Crippen LogP contribution in [-0.2, 0) is 0 Å². The molecular formula is C27H29N3O3. The molecule has 4 rings (SSSR count). The maximum absolute atomic E-state index is 10.5. The molecule has 170 valence electrons. The molecule has 0 fully saturated rings. The molecule has 0 unspecified atom stereocenters. The summed E-state index contributed by atoms with van der Waals surface area (Å²) >= 11 is 0. The molecule has 0 aliphatic carbocycles. The first-order valence-corrected chi connectivity index (χ1v) is 11.3. The molecule has 1 aliphatic rings. The lowest BCUT2D eigenvalue weighted by Gasteiger charge is -2.27. The van der Waals surface area contributed by atoms with E-state index >= 15 is 0 Å². The van der Waals surface area contributed by atoms with E-state index in [1.54, 1.807) is 24.4 Å². The van der Waals surface area contributed by atoms with Gasteiger partial charge in [-0.1, -0.05) is 86.8 Å². The van der Waals surface area contributed by atoms with Gasteiger partial charge in [0.2, 0.25) is 0 Å². The van der Waals surface area contributed by atoms with Gasteiger partial charge >= 0.3 is 0 Å².